The van der Waals surface area contributed by atoms with Gasteiger partial charge in [0.25, 0.3) is 0 Å². The molecule has 1 fully saturated rings. The molecule has 1 saturated carbocycles. The summed E-state index contributed by atoms with van der Waals surface area (Å²) >= 11 is 0. The van der Waals surface area contributed by atoms with Crippen LogP contribution in [0.3, 0.4) is 0 Å². The van der Waals surface area contributed by atoms with E-state index in [0.717, 1.165) is 18.3 Å². The van der Waals surface area contributed by atoms with Crippen molar-refractivity contribution in [1.82, 2.24) is 0 Å². The fourth-order valence-corrected chi connectivity index (χ4v) is 3.11. The van der Waals surface area contributed by atoms with Crippen molar-refractivity contribution < 1.29 is 9.90 Å². The number of carboxylic acids is 1. The van der Waals surface area contributed by atoms with Gasteiger partial charge in [0.05, 0.1) is 5.56 Å². The van der Waals surface area contributed by atoms with Gasteiger partial charge in [-0.3, -0.25) is 0 Å². The Bertz CT molecular complexity index is 400. The molecule has 2 rings (SSSR count). The van der Waals surface area contributed by atoms with Gasteiger partial charge in [-0.05, 0) is 42.4 Å². The minimum absolute atomic E-state index is 0.382. The van der Waals surface area contributed by atoms with Crippen LogP contribution < -0.4 is 0 Å². The second-order valence-corrected chi connectivity index (χ2v) is 5.84. The van der Waals surface area contributed by atoms with E-state index in [4.69, 9.17) is 5.11 Å². The number of hydrogen-bond donors (Lipinski definition) is 1. The van der Waals surface area contributed by atoms with Gasteiger partial charge in [-0.25, -0.2) is 4.79 Å². The fourth-order valence-electron chi connectivity index (χ4n) is 3.11. The summed E-state index contributed by atoms with van der Waals surface area (Å²) in [5.74, 6) is 0.998. The lowest BCUT2D eigenvalue weighted by atomic mass is 9.78. The molecule has 1 aliphatic rings. The van der Waals surface area contributed by atoms with Crippen molar-refractivity contribution in [3.8, 4) is 0 Å². The third kappa shape index (κ3) is 4.09. The minimum Gasteiger partial charge on any atom is -0.478 e. The Balaban J connectivity index is 1.78. The monoisotopic (exact) mass is 260 g/mol. The van der Waals surface area contributed by atoms with Crippen LogP contribution in [-0.4, -0.2) is 11.1 Å². The van der Waals surface area contributed by atoms with E-state index in [9.17, 15) is 4.79 Å². The summed E-state index contributed by atoms with van der Waals surface area (Å²) in [6.07, 6.45) is 9.24. The lowest BCUT2D eigenvalue weighted by Gasteiger charge is -2.27. The summed E-state index contributed by atoms with van der Waals surface area (Å²) in [5, 5.41) is 8.86. The molecule has 2 heteroatoms. The number of rotatable bonds is 5. The van der Waals surface area contributed by atoms with Crippen LogP contribution in [0.1, 0.15) is 61.4 Å². The quantitative estimate of drug-likeness (QED) is 0.844. The first-order valence-electron chi connectivity index (χ1n) is 7.51. The molecule has 0 saturated heterocycles. The molecule has 0 radical (unpaired) electrons. The second kappa shape index (κ2) is 6.74. The van der Waals surface area contributed by atoms with Crippen molar-refractivity contribution in [2.75, 3.05) is 0 Å². The van der Waals surface area contributed by atoms with E-state index in [2.05, 4.69) is 6.92 Å². The number of aryl methyl sites for hydroxylation is 1. The average molecular weight is 260 g/mol. The molecule has 1 aromatic carbocycles. The third-order valence-electron chi connectivity index (χ3n) is 4.59. The van der Waals surface area contributed by atoms with Crippen LogP contribution in [0.25, 0.3) is 0 Å². The van der Waals surface area contributed by atoms with Crippen LogP contribution in [0, 0.1) is 11.8 Å². The number of aromatic carboxylic acids is 1. The summed E-state index contributed by atoms with van der Waals surface area (Å²) in [6.45, 7) is 2.30. The highest BCUT2D eigenvalue weighted by atomic mass is 16.4. The maximum Gasteiger partial charge on any atom is 0.335 e. The van der Waals surface area contributed by atoms with Crippen molar-refractivity contribution >= 4 is 5.97 Å². The smallest absolute Gasteiger partial charge is 0.335 e. The molecular formula is C17H24O2. The molecule has 0 bridgehead atoms. The molecule has 1 aromatic rings. The molecule has 2 nitrogen and oxygen atoms in total. The minimum atomic E-state index is -0.843. The van der Waals surface area contributed by atoms with Crippen LogP contribution in [0.15, 0.2) is 24.3 Å². The highest BCUT2D eigenvalue weighted by Crippen LogP contribution is 2.33. The zero-order chi connectivity index (χ0) is 13.7. The summed E-state index contributed by atoms with van der Waals surface area (Å²) in [7, 11) is 0. The van der Waals surface area contributed by atoms with Crippen LogP contribution in [-0.2, 0) is 6.42 Å². The largest absolute Gasteiger partial charge is 0.478 e. The van der Waals surface area contributed by atoms with E-state index in [1.807, 2.05) is 12.1 Å². The molecule has 0 unspecified atom stereocenters. The molecule has 0 atom stereocenters. The third-order valence-corrected chi connectivity index (χ3v) is 4.59. The van der Waals surface area contributed by atoms with Crippen LogP contribution in [0.2, 0.25) is 0 Å². The maximum atomic E-state index is 10.8. The predicted octanol–water partition coefficient (Wildman–Crippen LogP) is 4.53. The number of hydrogen-bond acceptors (Lipinski definition) is 1. The highest BCUT2D eigenvalue weighted by molar-refractivity contribution is 5.87. The first-order valence-corrected chi connectivity index (χ1v) is 7.51. The van der Waals surface area contributed by atoms with Gasteiger partial charge < -0.3 is 5.11 Å². The Kier molecular flexibility index (Phi) is 5.00. The van der Waals surface area contributed by atoms with E-state index in [1.165, 1.54) is 44.1 Å². The zero-order valence-corrected chi connectivity index (χ0v) is 11.8. The van der Waals surface area contributed by atoms with Crippen molar-refractivity contribution in [3.05, 3.63) is 35.4 Å². The molecule has 0 heterocycles. The van der Waals surface area contributed by atoms with E-state index in [0.29, 0.717) is 5.56 Å². The predicted molar refractivity (Wildman–Crippen MR) is 77.5 cm³/mol. The molecule has 0 aliphatic heterocycles. The highest BCUT2D eigenvalue weighted by Gasteiger charge is 2.19. The van der Waals surface area contributed by atoms with Gasteiger partial charge >= 0.3 is 5.97 Å². The van der Waals surface area contributed by atoms with Gasteiger partial charge in [0.15, 0.2) is 0 Å². The van der Waals surface area contributed by atoms with Crippen molar-refractivity contribution in [3.63, 3.8) is 0 Å². The average Bonchev–Trinajstić information content (AvgIpc) is 2.46. The van der Waals surface area contributed by atoms with Crippen molar-refractivity contribution in [2.45, 2.75) is 51.9 Å². The van der Waals surface area contributed by atoms with Gasteiger partial charge in [-0.15, -0.1) is 0 Å². The molecule has 19 heavy (non-hydrogen) atoms. The number of carboxylic acid groups (broad SMARTS) is 1. The Labute approximate surface area is 115 Å². The van der Waals surface area contributed by atoms with Gasteiger partial charge in [-0.2, -0.15) is 0 Å². The summed E-state index contributed by atoms with van der Waals surface area (Å²) in [4.78, 5) is 10.8. The summed E-state index contributed by atoms with van der Waals surface area (Å²) < 4.78 is 0. The first-order chi connectivity index (χ1) is 9.19. The first kappa shape index (κ1) is 14.1. The fraction of sp³-hybridized carbons (Fsp3) is 0.588. The molecule has 0 amide bonds. The summed E-state index contributed by atoms with van der Waals surface area (Å²) in [6, 6.07) is 7.35. The lowest BCUT2D eigenvalue weighted by molar-refractivity contribution is 0.0697. The SMILES string of the molecule is CCC1CCC(CCc2ccc(C(=O)O)cc2)CC1. The van der Waals surface area contributed by atoms with Crippen LogP contribution >= 0.6 is 0 Å². The van der Waals surface area contributed by atoms with Gasteiger partial charge in [0, 0.05) is 0 Å². The van der Waals surface area contributed by atoms with Crippen molar-refractivity contribution in [1.29, 1.82) is 0 Å². The molecule has 1 N–H and O–H groups in total. The maximum absolute atomic E-state index is 10.8. The second-order valence-electron chi connectivity index (χ2n) is 5.84. The van der Waals surface area contributed by atoms with Gasteiger partial charge in [0.1, 0.15) is 0 Å². The Morgan fingerprint density at radius 3 is 2.21 bits per heavy atom. The van der Waals surface area contributed by atoms with Crippen LogP contribution in [0.4, 0.5) is 0 Å². The molecule has 104 valence electrons. The Morgan fingerprint density at radius 2 is 1.68 bits per heavy atom. The standard InChI is InChI=1S/C17H24O2/c1-2-13-3-5-14(6-4-13)7-8-15-9-11-16(12-10-15)17(18)19/h9-14H,2-8H2,1H3,(H,18,19). The summed E-state index contributed by atoms with van der Waals surface area (Å²) in [5.41, 5.74) is 1.65. The van der Waals surface area contributed by atoms with Gasteiger partial charge in [0.2, 0.25) is 0 Å². The molecule has 0 spiro atoms. The number of carbonyl (C=O) groups is 1. The van der Waals surface area contributed by atoms with Gasteiger partial charge in [-0.1, -0.05) is 51.2 Å². The molecule has 1 aliphatic carbocycles. The molecular weight excluding hydrogens is 236 g/mol. The topological polar surface area (TPSA) is 37.3 Å². The van der Waals surface area contributed by atoms with Crippen LogP contribution in [0.5, 0.6) is 0 Å². The Hall–Kier alpha value is -1.31. The van der Waals surface area contributed by atoms with Crippen molar-refractivity contribution in [2.24, 2.45) is 11.8 Å². The zero-order valence-electron chi connectivity index (χ0n) is 11.8. The van der Waals surface area contributed by atoms with E-state index < -0.39 is 5.97 Å². The van der Waals surface area contributed by atoms with E-state index >= 15 is 0 Å². The Morgan fingerprint density at radius 1 is 1.11 bits per heavy atom. The molecule has 0 aromatic heterocycles. The number of benzene rings is 1. The lowest BCUT2D eigenvalue weighted by Crippen LogP contribution is -2.14. The van der Waals surface area contributed by atoms with E-state index in [-0.39, 0.29) is 0 Å². The normalized spacial score (nSPS) is 23.2. The van der Waals surface area contributed by atoms with E-state index in [1.54, 1.807) is 12.1 Å².